The van der Waals surface area contributed by atoms with E-state index in [0.717, 1.165) is 31.3 Å². The van der Waals surface area contributed by atoms with E-state index in [2.05, 4.69) is 76.4 Å². The van der Waals surface area contributed by atoms with E-state index >= 15 is 0 Å². The fourth-order valence-electron chi connectivity index (χ4n) is 3.33. The van der Waals surface area contributed by atoms with Crippen LogP contribution in [0.5, 0.6) is 0 Å². The van der Waals surface area contributed by atoms with Crippen molar-refractivity contribution in [1.82, 2.24) is 14.9 Å². The zero-order valence-electron chi connectivity index (χ0n) is 15.6. The lowest BCUT2D eigenvalue weighted by atomic mass is 10.0. The van der Waals surface area contributed by atoms with E-state index in [1.54, 1.807) is 6.33 Å². The number of hydrogen-bond acceptors (Lipinski definition) is 5. The normalized spacial score (nSPS) is 16.1. The molecule has 1 saturated heterocycles. The third-order valence-electron chi connectivity index (χ3n) is 4.89. The van der Waals surface area contributed by atoms with E-state index < -0.39 is 0 Å². The Hall–Kier alpha value is -2.14. The number of hydrogen-bond donors (Lipinski definition) is 1. The minimum atomic E-state index is 0.300. The summed E-state index contributed by atoms with van der Waals surface area (Å²) in [6, 6.07) is 11.1. The van der Waals surface area contributed by atoms with E-state index in [0.29, 0.717) is 6.04 Å². The van der Waals surface area contributed by atoms with Gasteiger partial charge in [0.1, 0.15) is 18.0 Å². The lowest BCUT2D eigenvalue weighted by molar-refractivity contribution is 0.311. The number of nitrogens with zero attached hydrogens (tertiary/aromatic N) is 4. The fraction of sp³-hybridized carbons (Fsp3) is 0.500. The molecular weight excluding hydrogens is 310 g/mol. The minimum Gasteiger partial charge on any atom is -0.368 e. The zero-order valence-corrected chi connectivity index (χ0v) is 15.6. The third kappa shape index (κ3) is 4.69. The smallest absolute Gasteiger partial charge is 0.134 e. The second-order valence-corrected chi connectivity index (χ2v) is 7.08. The highest BCUT2D eigenvalue weighted by Crippen LogP contribution is 2.22. The van der Waals surface area contributed by atoms with E-state index in [9.17, 15) is 0 Å². The number of rotatable bonds is 6. The van der Waals surface area contributed by atoms with Crippen molar-refractivity contribution < 1.29 is 0 Å². The molecule has 0 amide bonds. The maximum Gasteiger partial charge on any atom is 0.134 e. The first-order chi connectivity index (χ1) is 12.1. The first-order valence-electron chi connectivity index (χ1n) is 9.17. The van der Waals surface area contributed by atoms with Crippen molar-refractivity contribution in [3.8, 4) is 0 Å². The average molecular weight is 339 g/mol. The van der Waals surface area contributed by atoms with Crippen LogP contribution in [-0.4, -0.2) is 48.6 Å². The molecule has 0 saturated carbocycles. The predicted molar refractivity (Wildman–Crippen MR) is 104 cm³/mol. The molecule has 1 aromatic carbocycles. The summed E-state index contributed by atoms with van der Waals surface area (Å²) in [7, 11) is 4.23. The van der Waals surface area contributed by atoms with Gasteiger partial charge in [-0.1, -0.05) is 29.8 Å². The molecule has 1 N–H and O–H groups in total. The largest absolute Gasteiger partial charge is 0.368 e. The molecule has 1 atom stereocenters. The number of aromatic nitrogens is 2. The molecule has 0 radical (unpaired) electrons. The summed E-state index contributed by atoms with van der Waals surface area (Å²) < 4.78 is 0. The Balaban J connectivity index is 1.67. The van der Waals surface area contributed by atoms with Gasteiger partial charge in [0.15, 0.2) is 0 Å². The van der Waals surface area contributed by atoms with Crippen molar-refractivity contribution in [2.45, 2.75) is 32.2 Å². The molecule has 1 aliphatic rings. The average Bonchev–Trinajstić information content (AvgIpc) is 2.64. The molecule has 5 nitrogen and oxygen atoms in total. The SMILES string of the molecule is Cc1ccc(C(CNc2cc(N3CCCCC3)ncn2)N(C)C)cc1. The van der Waals surface area contributed by atoms with Gasteiger partial charge in [-0.3, -0.25) is 0 Å². The molecule has 5 heteroatoms. The Morgan fingerprint density at radius 3 is 2.48 bits per heavy atom. The maximum atomic E-state index is 4.46. The highest BCUT2D eigenvalue weighted by Gasteiger charge is 2.16. The molecule has 1 aliphatic heterocycles. The van der Waals surface area contributed by atoms with E-state index in [-0.39, 0.29) is 0 Å². The lowest BCUT2D eigenvalue weighted by Gasteiger charge is -2.28. The van der Waals surface area contributed by atoms with Gasteiger partial charge in [-0.25, -0.2) is 9.97 Å². The van der Waals surface area contributed by atoms with Crippen LogP contribution in [0.1, 0.15) is 36.4 Å². The van der Waals surface area contributed by atoms with Gasteiger partial charge in [0.2, 0.25) is 0 Å². The number of piperidine rings is 1. The van der Waals surface area contributed by atoms with Crippen molar-refractivity contribution in [3.63, 3.8) is 0 Å². The molecule has 134 valence electrons. The molecule has 3 rings (SSSR count). The predicted octanol–water partition coefficient (Wildman–Crippen LogP) is 3.49. The van der Waals surface area contributed by atoms with Crippen LogP contribution in [0.15, 0.2) is 36.7 Å². The standard InChI is InChI=1S/C20H29N5/c1-16-7-9-17(10-8-16)18(24(2)3)14-21-19-13-20(23-15-22-19)25-11-5-4-6-12-25/h7-10,13,15,18H,4-6,11-12,14H2,1-3H3,(H,21,22,23). The first-order valence-corrected chi connectivity index (χ1v) is 9.17. The third-order valence-corrected chi connectivity index (χ3v) is 4.89. The van der Waals surface area contributed by atoms with Gasteiger partial charge >= 0.3 is 0 Å². The molecule has 1 aromatic heterocycles. The van der Waals surface area contributed by atoms with Gasteiger partial charge in [0.05, 0.1) is 6.04 Å². The summed E-state index contributed by atoms with van der Waals surface area (Å²) in [6.45, 7) is 5.13. The van der Waals surface area contributed by atoms with Gasteiger partial charge in [-0.05, 0) is 45.8 Å². The van der Waals surface area contributed by atoms with Crippen LogP contribution in [-0.2, 0) is 0 Å². The van der Waals surface area contributed by atoms with Gasteiger partial charge in [0, 0.05) is 25.7 Å². The van der Waals surface area contributed by atoms with E-state index in [1.165, 1.54) is 30.4 Å². The van der Waals surface area contributed by atoms with Crippen molar-refractivity contribution >= 4 is 11.6 Å². The van der Waals surface area contributed by atoms with Crippen molar-refractivity contribution in [2.24, 2.45) is 0 Å². The van der Waals surface area contributed by atoms with Crippen LogP contribution < -0.4 is 10.2 Å². The molecule has 2 heterocycles. The molecule has 2 aromatic rings. The molecular formula is C20H29N5. The van der Waals surface area contributed by atoms with Gasteiger partial charge in [-0.15, -0.1) is 0 Å². The van der Waals surface area contributed by atoms with Crippen molar-refractivity contribution in [1.29, 1.82) is 0 Å². The quantitative estimate of drug-likeness (QED) is 0.873. The van der Waals surface area contributed by atoms with E-state index in [1.807, 2.05) is 0 Å². The highest BCUT2D eigenvalue weighted by molar-refractivity contribution is 5.48. The highest BCUT2D eigenvalue weighted by atomic mass is 15.2. The molecule has 1 unspecified atom stereocenters. The number of aryl methyl sites for hydroxylation is 1. The van der Waals surface area contributed by atoms with Gasteiger partial charge in [-0.2, -0.15) is 0 Å². The number of anilines is 2. The Kier molecular flexibility index (Phi) is 5.87. The van der Waals surface area contributed by atoms with Crippen LogP contribution in [0.25, 0.3) is 0 Å². The summed E-state index contributed by atoms with van der Waals surface area (Å²) in [6.07, 6.45) is 5.50. The summed E-state index contributed by atoms with van der Waals surface area (Å²) in [5, 5.41) is 3.50. The van der Waals surface area contributed by atoms with Crippen LogP contribution in [0, 0.1) is 6.92 Å². The minimum absolute atomic E-state index is 0.300. The lowest BCUT2D eigenvalue weighted by Crippen LogP contribution is -2.30. The maximum absolute atomic E-state index is 4.46. The summed E-state index contributed by atoms with van der Waals surface area (Å²) in [5.41, 5.74) is 2.60. The van der Waals surface area contributed by atoms with Crippen LogP contribution in [0.3, 0.4) is 0 Å². The summed E-state index contributed by atoms with van der Waals surface area (Å²) in [5.74, 6) is 1.93. The zero-order chi connectivity index (χ0) is 17.6. The van der Waals surface area contributed by atoms with Crippen LogP contribution in [0.2, 0.25) is 0 Å². The monoisotopic (exact) mass is 339 g/mol. The topological polar surface area (TPSA) is 44.3 Å². The van der Waals surface area contributed by atoms with Crippen molar-refractivity contribution in [2.75, 3.05) is 43.9 Å². The summed E-state index contributed by atoms with van der Waals surface area (Å²) >= 11 is 0. The van der Waals surface area contributed by atoms with E-state index in [4.69, 9.17) is 0 Å². The number of nitrogens with one attached hydrogen (secondary N) is 1. The first kappa shape index (κ1) is 17.7. The molecule has 0 bridgehead atoms. The van der Waals surface area contributed by atoms with Gasteiger partial charge < -0.3 is 15.1 Å². The second-order valence-electron chi connectivity index (χ2n) is 7.08. The Morgan fingerprint density at radius 2 is 1.80 bits per heavy atom. The van der Waals surface area contributed by atoms with Crippen LogP contribution >= 0.6 is 0 Å². The van der Waals surface area contributed by atoms with Gasteiger partial charge in [0.25, 0.3) is 0 Å². The number of likely N-dealkylation sites (N-methyl/N-ethyl adjacent to an activating group) is 1. The Bertz CT molecular complexity index is 662. The molecule has 0 aliphatic carbocycles. The second kappa shape index (κ2) is 8.30. The fourth-order valence-corrected chi connectivity index (χ4v) is 3.33. The molecule has 1 fully saturated rings. The molecule has 0 spiro atoms. The van der Waals surface area contributed by atoms with Crippen molar-refractivity contribution in [3.05, 3.63) is 47.8 Å². The van der Waals surface area contributed by atoms with Crippen LogP contribution in [0.4, 0.5) is 11.6 Å². The molecule has 25 heavy (non-hydrogen) atoms. The Morgan fingerprint density at radius 1 is 1.08 bits per heavy atom. The Labute approximate surface area is 151 Å². The summed E-state index contributed by atoms with van der Waals surface area (Å²) in [4.78, 5) is 13.5. The number of benzene rings is 1.